The summed E-state index contributed by atoms with van der Waals surface area (Å²) in [6.07, 6.45) is 0. The number of phenols is 1. The minimum atomic E-state index is -1.11. The Hall–Kier alpha value is -2.24. The fraction of sp³-hybridized carbons (Fsp3) is 0.200. The molecule has 0 radical (unpaired) electrons. The molecule has 1 unspecified atom stereocenters. The van der Waals surface area contributed by atoms with Gasteiger partial charge in [-0.25, -0.2) is 9.59 Å². The van der Waals surface area contributed by atoms with Crippen molar-refractivity contribution in [3.05, 3.63) is 28.7 Å². The SMILES string of the molecule is CC(C(=O)O)n1c(=O)[nH]c2ccc(O)cc21. The maximum Gasteiger partial charge on any atom is 0.327 e. The molecule has 0 amide bonds. The van der Waals surface area contributed by atoms with E-state index in [4.69, 9.17) is 5.11 Å². The fourth-order valence-electron chi connectivity index (χ4n) is 1.60. The zero-order valence-corrected chi connectivity index (χ0v) is 8.47. The summed E-state index contributed by atoms with van der Waals surface area (Å²) < 4.78 is 1.09. The van der Waals surface area contributed by atoms with Gasteiger partial charge in [-0.3, -0.25) is 4.57 Å². The summed E-state index contributed by atoms with van der Waals surface area (Å²) in [4.78, 5) is 24.9. The highest BCUT2D eigenvalue weighted by Gasteiger charge is 2.18. The molecule has 6 heteroatoms. The third kappa shape index (κ3) is 1.44. The van der Waals surface area contributed by atoms with Gasteiger partial charge >= 0.3 is 11.7 Å². The molecule has 2 rings (SSSR count). The molecule has 6 nitrogen and oxygen atoms in total. The third-order valence-corrected chi connectivity index (χ3v) is 2.45. The molecular formula is C10H10N2O4. The Kier molecular flexibility index (Phi) is 2.19. The number of aliphatic carboxylic acids is 1. The van der Waals surface area contributed by atoms with Crippen LogP contribution in [0.3, 0.4) is 0 Å². The van der Waals surface area contributed by atoms with E-state index in [1.807, 2.05) is 0 Å². The van der Waals surface area contributed by atoms with Crippen molar-refractivity contribution in [2.75, 3.05) is 0 Å². The van der Waals surface area contributed by atoms with E-state index in [0.717, 1.165) is 4.57 Å². The van der Waals surface area contributed by atoms with Crippen molar-refractivity contribution in [1.29, 1.82) is 0 Å². The fourth-order valence-corrected chi connectivity index (χ4v) is 1.60. The number of imidazole rings is 1. The second-order valence-corrected chi connectivity index (χ2v) is 3.52. The first-order valence-electron chi connectivity index (χ1n) is 4.66. The van der Waals surface area contributed by atoms with Crippen LogP contribution in [0.4, 0.5) is 0 Å². The summed E-state index contributed by atoms with van der Waals surface area (Å²) in [5.41, 5.74) is 0.367. The lowest BCUT2D eigenvalue weighted by Gasteiger charge is -2.07. The molecule has 0 aliphatic rings. The Balaban J connectivity index is 2.77. The molecular weight excluding hydrogens is 212 g/mol. The highest BCUT2D eigenvalue weighted by atomic mass is 16.4. The van der Waals surface area contributed by atoms with Gasteiger partial charge < -0.3 is 15.2 Å². The number of aromatic nitrogens is 2. The van der Waals surface area contributed by atoms with E-state index in [1.165, 1.54) is 25.1 Å². The predicted molar refractivity (Wildman–Crippen MR) is 56.6 cm³/mol. The van der Waals surface area contributed by atoms with Gasteiger partial charge in [-0.05, 0) is 19.1 Å². The number of aromatic amines is 1. The van der Waals surface area contributed by atoms with Crippen LogP contribution < -0.4 is 5.69 Å². The number of hydrogen-bond acceptors (Lipinski definition) is 3. The molecule has 0 fully saturated rings. The van der Waals surface area contributed by atoms with Crippen molar-refractivity contribution in [2.24, 2.45) is 0 Å². The number of nitrogens with zero attached hydrogens (tertiary/aromatic N) is 1. The van der Waals surface area contributed by atoms with Crippen LogP contribution in [0.5, 0.6) is 5.75 Å². The number of carbonyl (C=O) groups is 1. The van der Waals surface area contributed by atoms with Crippen LogP contribution in [0.25, 0.3) is 11.0 Å². The van der Waals surface area contributed by atoms with Crippen molar-refractivity contribution in [1.82, 2.24) is 9.55 Å². The Morgan fingerprint density at radius 2 is 2.19 bits per heavy atom. The number of rotatable bonds is 2. The smallest absolute Gasteiger partial charge is 0.327 e. The van der Waals surface area contributed by atoms with Crippen molar-refractivity contribution in [3.63, 3.8) is 0 Å². The van der Waals surface area contributed by atoms with Crippen molar-refractivity contribution in [2.45, 2.75) is 13.0 Å². The topological polar surface area (TPSA) is 95.3 Å². The number of carboxylic acids is 1. The largest absolute Gasteiger partial charge is 0.508 e. The number of phenolic OH excluding ortho intramolecular Hbond substituents is 1. The standard InChI is InChI=1S/C10H10N2O4/c1-5(9(14)15)12-8-4-6(13)2-3-7(8)11-10(12)16/h2-5,13H,1H3,(H,11,16)(H,14,15). The van der Waals surface area contributed by atoms with Crippen molar-refractivity contribution >= 4 is 17.0 Å². The Bertz CT molecular complexity index is 611. The van der Waals surface area contributed by atoms with Gasteiger partial charge in [0, 0.05) is 6.07 Å². The zero-order valence-electron chi connectivity index (χ0n) is 8.47. The van der Waals surface area contributed by atoms with E-state index >= 15 is 0 Å². The monoisotopic (exact) mass is 222 g/mol. The molecule has 0 saturated carbocycles. The minimum absolute atomic E-state index is 0.0159. The van der Waals surface area contributed by atoms with Gasteiger partial charge in [-0.1, -0.05) is 0 Å². The molecule has 0 aliphatic heterocycles. The molecule has 16 heavy (non-hydrogen) atoms. The number of nitrogens with one attached hydrogen (secondary N) is 1. The second kappa shape index (κ2) is 3.41. The third-order valence-electron chi connectivity index (χ3n) is 2.45. The molecule has 1 atom stereocenters. The second-order valence-electron chi connectivity index (χ2n) is 3.52. The van der Waals surface area contributed by atoms with Gasteiger partial charge in [-0.15, -0.1) is 0 Å². The van der Waals surface area contributed by atoms with Crippen molar-refractivity contribution < 1.29 is 15.0 Å². The Morgan fingerprint density at radius 1 is 1.50 bits per heavy atom. The number of aromatic hydroxyl groups is 1. The molecule has 0 bridgehead atoms. The average Bonchev–Trinajstić information content (AvgIpc) is 2.52. The van der Waals surface area contributed by atoms with Crippen LogP contribution in [-0.4, -0.2) is 25.7 Å². The lowest BCUT2D eigenvalue weighted by molar-refractivity contribution is -0.140. The van der Waals surface area contributed by atoms with Gasteiger partial charge in [0.1, 0.15) is 11.8 Å². The Labute approximate surface area is 89.8 Å². The van der Waals surface area contributed by atoms with Crippen LogP contribution in [0, 0.1) is 0 Å². The average molecular weight is 222 g/mol. The van der Waals surface area contributed by atoms with E-state index < -0.39 is 17.7 Å². The van der Waals surface area contributed by atoms with E-state index in [1.54, 1.807) is 0 Å². The summed E-state index contributed by atoms with van der Waals surface area (Å²) in [6, 6.07) is 3.32. The molecule has 84 valence electrons. The van der Waals surface area contributed by atoms with E-state index in [-0.39, 0.29) is 5.75 Å². The zero-order chi connectivity index (χ0) is 11.9. The first-order valence-corrected chi connectivity index (χ1v) is 4.66. The van der Waals surface area contributed by atoms with Crippen LogP contribution >= 0.6 is 0 Å². The van der Waals surface area contributed by atoms with Crippen LogP contribution in [0.2, 0.25) is 0 Å². The van der Waals surface area contributed by atoms with E-state index in [9.17, 15) is 14.7 Å². The van der Waals surface area contributed by atoms with Crippen LogP contribution in [0.1, 0.15) is 13.0 Å². The molecule has 0 aliphatic carbocycles. The summed E-state index contributed by atoms with van der Waals surface area (Å²) in [5.74, 6) is -1.12. The first-order chi connectivity index (χ1) is 7.50. The van der Waals surface area contributed by atoms with Gasteiger partial charge in [0.15, 0.2) is 0 Å². The molecule has 0 saturated heterocycles. The summed E-state index contributed by atoms with van der Waals surface area (Å²) in [7, 11) is 0. The van der Waals surface area contributed by atoms with Gasteiger partial charge in [0.25, 0.3) is 0 Å². The van der Waals surface area contributed by atoms with E-state index in [2.05, 4.69) is 4.98 Å². The quantitative estimate of drug-likeness (QED) is 0.696. The lowest BCUT2D eigenvalue weighted by atomic mass is 10.2. The van der Waals surface area contributed by atoms with Crippen LogP contribution in [0.15, 0.2) is 23.0 Å². The van der Waals surface area contributed by atoms with Gasteiger partial charge in [0.2, 0.25) is 0 Å². The number of fused-ring (bicyclic) bond motifs is 1. The van der Waals surface area contributed by atoms with Crippen LogP contribution in [-0.2, 0) is 4.79 Å². The maximum absolute atomic E-state index is 11.6. The molecule has 0 spiro atoms. The molecule has 3 N–H and O–H groups in total. The minimum Gasteiger partial charge on any atom is -0.508 e. The van der Waals surface area contributed by atoms with Crippen molar-refractivity contribution in [3.8, 4) is 5.75 Å². The molecule has 1 aromatic heterocycles. The maximum atomic E-state index is 11.6. The van der Waals surface area contributed by atoms with Gasteiger partial charge in [-0.2, -0.15) is 0 Å². The van der Waals surface area contributed by atoms with E-state index in [0.29, 0.717) is 11.0 Å². The highest BCUT2D eigenvalue weighted by Crippen LogP contribution is 2.19. The molecule has 2 aromatic rings. The molecule has 1 heterocycles. The number of hydrogen-bond donors (Lipinski definition) is 3. The summed E-state index contributed by atoms with van der Waals surface area (Å²) in [5, 5.41) is 18.2. The first kappa shape index (κ1) is 10.3. The summed E-state index contributed by atoms with van der Waals surface area (Å²) >= 11 is 0. The molecule has 1 aromatic carbocycles. The normalized spacial score (nSPS) is 12.8. The number of benzene rings is 1. The number of H-pyrrole nitrogens is 1. The van der Waals surface area contributed by atoms with Gasteiger partial charge in [0.05, 0.1) is 11.0 Å². The Morgan fingerprint density at radius 3 is 2.81 bits per heavy atom. The summed E-state index contributed by atoms with van der Waals surface area (Å²) in [6.45, 7) is 1.40. The lowest BCUT2D eigenvalue weighted by Crippen LogP contribution is -2.25. The number of carboxylic acid groups (broad SMARTS) is 1. The predicted octanol–water partition coefficient (Wildman–Crippen LogP) is 0.681. The highest BCUT2D eigenvalue weighted by molar-refractivity contribution is 5.80.